The summed E-state index contributed by atoms with van der Waals surface area (Å²) < 4.78 is 13.0. The number of halogens is 1. The van der Waals surface area contributed by atoms with Gasteiger partial charge in [0, 0.05) is 12.7 Å². The van der Waals surface area contributed by atoms with Gasteiger partial charge in [-0.05, 0) is 37.3 Å². The highest BCUT2D eigenvalue weighted by molar-refractivity contribution is 5.67. The van der Waals surface area contributed by atoms with Gasteiger partial charge in [0.25, 0.3) is 0 Å². The SMILES string of the molecule is CCN(Cc1ccccn1)c1ccc(F)cc1N. The number of rotatable bonds is 4. The zero-order valence-electron chi connectivity index (χ0n) is 10.3. The number of nitrogens with zero attached hydrogens (tertiary/aromatic N) is 2. The summed E-state index contributed by atoms with van der Waals surface area (Å²) in [5.41, 5.74) is 8.10. The Morgan fingerprint density at radius 1 is 1.28 bits per heavy atom. The Balaban J connectivity index is 2.23. The highest BCUT2D eigenvalue weighted by Gasteiger charge is 2.09. The minimum Gasteiger partial charge on any atom is -0.397 e. The van der Waals surface area contributed by atoms with Crippen LogP contribution in [-0.2, 0) is 6.54 Å². The molecule has 2 aromatic rings. The van der Waals surface area contributed by atoms with Crippen molar-refractivity contribution in [2.24, 2.45) is 0 Å². The van der Waals surface area contributed by atoms with Crippen LogP contribution in [0.4, 0.5) is 15.8 Å². The molecule has 0 aliphatic rings. The molecule has 2 rings (SSSR count). The predicted molar refractivity (Wildman–Crippen MR) is 71.8 cm³/mol. The Hall–Kier alpha value is -2.10. The molecule has 1 aromatic carbocycles. The number of hydrogen-bond acceptors (Lipinski definition) is 3. The Kier molecular flexibility index (Phi) is 3.77. The van der Waals surface area contributed by atoms with Crippen molar-refractivity contribution >= 4 is 11.4 Å². The highest BCUT2D eigenvalue weighted by Crippen LogP contribution is 2.24. The first kappa shape index (κ1) is 12.4. The highest BCUT2D eigenvalue weighted by atomic mass is 19.1. The lowest BCUT2D eigenvalue weighted by Gasteiger charge is -2.24. The average Bonchev–Trinajstić information content (AvgIpc) is 2.38. The predicted octanol–water partition coefficient (Wildman–Crippen LogP) is 2.83. The molecule has 0 spiro atoms. The van der Waals surface area contributed by atoms with Crippen LogP contribution in [-0.4, -0.2) is 11.5 Å². The van der Waals surface area contributed by atoms with E-state index in [0.29, 0.717) is 12.2 Å². The van der Waals surface area contributed by atoms with Gasteiger partial charge < -0.3 is 10.6 Å². The van der Waals surface area contributed by atoms with Gasteiger partial charge in [-0.3, -0.25) is 4.98 Å². The molecular formula is C14H16FN3. The number of hydrogen-bond donors (Lipinski definition) is 1. The first-order valence-electron chi connectivity index (χ1n) is 5.90. The van der Waals surface area contributed by atoms with Crippen LogP contribution in [0.5, 0.6) is 0 Å². The van der Waals surface area contributed by atoms with E-state index >= 15 is 0 Å². The summed E-state index contributed by atoms with van der Waals surface area (Å²) in [6.45, 7) is 3.48. The molecule has 1 heterocycles. The topological polar surface area (TPSA) is 42.2 Å². The van der Waals surface area contributed by atoms with Crippen molar-refractivity contribution in [1.82, 2.24) is 4.98 Å². The van der Waals surface area contributed by atoms with E-state index in [9.17, 15) is 4.39 Å². The van der Waals surface area contributed by atoms with Gasteiger partial charge in [-0.1, -0.05) is 6.07 Å². The standard InChI is InChI=1S/C14H16FN3/c1-2-18(10-12-5-3-4-8-17-12)14-7-6-11(15)9-13(14)16/h3-9H,2,10,16H2,1H3. The Bertz CT molecular complexity index is 514. The van der Waals surface area contributed by atoms with Crippen molar-refractivity contribution in [3.8, 4) is 0 Å². The smallest absolute Gasteiger partial charge is 0.125 e. The van der Waals surface area contributed by atoms with E-state index in [-0.39, 0.29) is 5.82 Å². The van der Waals surface area contributed by atoms with E-state index < -0.39 is 0 Å². The van der Waals surface area contributed by atoms with Crippen molar-refractivity contribution in [1.29, 1.82) is 0 Å². The second-order valence-electron chi connectivity index (χ2n) is 4.04. The van der Waals surface area contributed by atoms with Crippen LogP contribution < -0.4 is 10.6 Å². The molecule has 0 fully saturated rings. The third-order valence-corrected chi connectivity index (χ3v) is 2.79. The summed E-state index contributed by atoms with van der Waals surface area (Å²) in [5, 5.41) is 0. The van der Waals surface area contributed by atoms with E-state index in [1.165, 1.54) is 12.1 Å². The zero-order chi connectivity index (χ0) is 13.0. The fourth-order valence-corrected chi connectivity index (χ4v) is 1.87. The van der Waals surface area contributed by atoms with Crippen molar-refractivity contribution < 1.29 is 4.39 Å². The maximum absolute atomic E-state index is 13.0. The van der Waals surface area contributed by atoms with Gasteiger partial charge in [-0.25, -0.2) is 4.39 Å². The molecule has 4 heteroatoms. The van der Waals surface area contributed by atoms with E-state index in [0.717, 1.165) is 17.9 Å². The van der Waals surface area contributed by atoms with E-state index in [1.54, 1.807) is 12.3 Å². The minimum atomic E-state index is -0.315. The van der Waals surface area contributed by atoms with Gasteiger partial charge in [0.15, 0.2) is 0 Å². The molecule has 0 saturated carbocycles. The zero-order valence-corrected chi connectivity index (χ0v) is 10.3. The normalized spacial score (nSPS) is 10.3. The third kappa shape index (κ3) is 2.77. The van der Waals surface area contributed by atoms with Crippen molar-refractivity contribution in [2.45, 2.75) is 13.5 Å². The second-order valence-corrected chi connectivity index (χ2v) is 4.04. The maximum Gasteiger partial charge on any atom is 0.125 e. The van der Waals surface area contributed by atoms with Crippen molar-refractivity contribution in [2.75, 3.05) is 17.2 Å². The molecule has 0 bridgehead atoms. The molecule has 0 amide bonds. The molecule has 0 aliphatic carbocycles. The Morgan fingerprint density at radius 2 is 2.11 bits per heavy atom. The number of nitrogen functional groups attached to an aromatic ring is 1. The van der Waals surface area contributed by atoms with Crippen molar-refractivity contribution in [3.05, 3.63) is 54.1 Å². The number of nitrogens with two attached hydrogens (primary N) is 1. The summed E-state index contributed by atoms with van der Waals surface area (Å²) in [4.78, 5) is 6.35. The molecular weight excluding hydrogens is 229 g/mol. The van der Waals surface area contributed by atoms with Gasteiger partial charge in [0.1, 0.15) is 5.82 Å². The van der Waals surface area contributed by atoms with Gasteiger partial charge in [-0.15, -0.1) is 0 Å². The summed E-state index contributed by atoms with van der Waals surface area (Å²) in [5.74, 6) is -0.315. The van der Waals surface area contributed by atoms with E-state index in [2.05, 4.69) is 9.88 Å². The number of benzene rings is 1. The van der Waals surface area contributed by atoms with Gasteiger partial charge >= 0.3 is 0 Å². The van der Waals surface area contributed by atoms with Crippen LogP contribution in [0, 0.1) is 5.82 Å². The lowest BCUT2D eigenvalue weighted by atomic mass is 10.2. The molecule has 0 atom stereocenters. The van der Waals surface area contributed by atoms with E-state index in [4.69, 9.17) is 5.73 Å². The van der Waals surface area contributed by atoms with Crippen LogP contribution in [0.25, 0.3) is 0 Å². The largest absolute Gasteiger partial charge is 0.397 e. The average molecular weight is 245 g/mol. The third-order valence-electron chi connectivity index (χ3n) is 2.79. The molecule has 0 radical (unpaired) electrons. The van der Waals surface area contributed by atoms with Gasteiger partial charge in [0.05, 0.1) is 23.6 Å². The van der Waals surface area contributed by atoms with Crippen LogP contribution in [0.3, 0.4) is 0 Å². The molecule has 94 valence electrons. The van der Waals surface area contributed by atoms with Crippen LogP contribution >= 0.6 is 0 Å². The molecule has 3 nitrogen and oxygen atoms in total. The lowest BCUT2D eigenvalue weighted by molar-refractivity contribution is 0.628. The number of pyridine rings is 1. The fraction of sp³-hybridized carbons (Fsp3) is 0.214. The number of anilines is 2. The Labute approximate surface area is 106 Å². The first-order chi connectivity index (χ1) is 8.70. The Morgan fingerprint density at radius 3 is 2.72 bits per heavy atom. The van der Waals surface area contributed by atoms with Crippen LogP contribution in [0.15, 0.2) is 42.6 Å². The minimum absolute atomic E-state index is 0.315. The summed E-state index contributed by atoms with van der Waals surface area (Å²) in [6, 6.07) is 10.3. The molecule has 1 aromatic heterocycles. The van der Waals surface area contributed by atoms with Gasteiger partial charge in [0.2, 0.25) is 0 Å². The molecule has 0 aliphatic heterocycles. The van der Waals surface area contributed by atoms with Crippen molar-refractivity contribution in [3.63, 3.8) is 0 Å². The second kappa shape index (κ2) is 5.49. The summed E-state index contributed by atoms with van der Waals surface area (Å²) in [7, 11) is 0. The quantitative estimate of drug-likeness (QED) is 0.842. The van der Waals surface area contributed by atoms with E-state index in [1.807, 2.05) is 25.1 Å². The number of aromatic nitrogens is 1. The molecule has 0 unspecified atom stereocenters. The molecule has 2 N–H and O–H groups in total. The van der Waals surface area contributed by atoms with Crippen LogP contribution in [0.2, 0.25) is 0 Å². The van der Waals surface area contributed by atoms with Crippen LogP contribution in [0.1, 0.15) is 12.6 Å². The van der Waals surface area contributed by atoms with Gasteiger partial charge in [-0.2, -0.15) is 0 Å². The molecule has 18 heavy (non-hydrogen) atoms. The summed E-state index contributed by atoms with van der Waals surface area (Å²) >= 11 is 0. The summed E-state index contributed by atoms with van der Waals surface area (Å²) in [6.07, 6.45) is 1.76. The lowest BCUT2D eigenvalue weighted by Crippen LogP contribution is -2.23. The maximum atomic E-state index is 13.0. The monoisotopic (exact) mass is 245 g/mol. The fourth-order valence-electron chi connectivity index (χ4n) is 1.87. The first-order valence-corrected chi connectivity index (χ1v) is 5.90. The molecule has 0 saturated heterocycles.